The lowest BCUT2D eigenvalue weighted by molar-refractivity contribution is -0.133. The Morgan fingerprint density at radius 3 is 3.04 bits per heavy atom. The van der Waals surface area contributed by atoms with Gasteiger partial charge in [0.15, 0.2) is 0 Å². The minimum absolute atomic E-state index is 0.0232. The molecule has 0 radical (unpaired) electrons. The van der Waals surface area contributed by atoms with Crippen LogP contribution in [-0.2, 0) is 11.3 Å². The molecule has 2 aromatic rings. The lowest BCUT2D eigenvalue weighted by atomic mass is 10.1. The molecule has 0 bridgehead atoms. The van der Waals surface area contributed by atoms with Crippen LogP contribution in [-0.4, -0.2) is 33.2 Å². The molecule has 1 aliphatic carbocycles. The molecule has 0 spiro atoms. The molecule has 2 fully saturated rings. The number of hydrogen-bond acceptors (Lipinski definition) is 2. The molecule has 1 aromatic heterocycles. The number of aromatic nitrogens is 2. The van der Waals surface area contributed by atoms with Crippen molar-refractivity contribution in [1.82, 2.24) is 14.7 Å². The summed E-state index contributed by atoms with van der Waals surface area (Å²) in [6.45, 7) is 1.59. The van der Waals surface area contributed by atoms with Crippen LogP contribution in [0.25, 0.3) is 0 Å². The third-order valence-electron chi connectivity index (χ3n) is 5.00. The maximum Gasteiger partial charge on any atom is 0.226 e. The summed E-state index contributed by atoms with van der Waals surface area (Å²) in [7, 11) is 0. The second kappa shape index (κ2) is 5.80. The minimum atomic E-state index is -0.224. The first-order chi connectivity index (χ1) is 11.2. The predicted molar refractivity (Wildman–Crippen MR) is 84.2 cm³/mol. The standard InChI is InChI=1S/C18H20FN3O/c19-14-5-1-4-13(10-14)16-11-17(16)18(23)22-9-2-6-15(22)12-21-8-3-7-20-21/h1,3-5,7-8,10,15-17H,2,6,9,11-12H2/t15-,16+,17-/m1/s1. The van der Waals surface area contributed by atoms with Gasteiger partial charge in [0.25, 0.3) is 0 Å². The molecule has 5 heteroatoms. The van der Waals surface area contributed by atoms with E-state index >= 15 is 0 Å². The number of rotatable bonds is 4. The lowest BCUT2D eigenvalue weighted by Gasteiger charge is -2.25. The SMILES string of the molecule is O=C([C@@H]1C[C@H]1c1cccc(F)c1)N1CCC[C@@H]1Cn1cccn1. The van der Waals surface area contributed by atoms with Crippen LogP contribution >= 0.6 is 0 Å². The van der Waals surface area contributed by atoms with Crippen molar-refractivity contribution in [3.63, 3.8) is 0 Å². The third-order valence-corrected chi connectivity index (χ3v) is 5.00. The number of halogens is 1. The van der Waals surface area contributed by atoms with Gasteiger partial charge in [0, 0.05) is 24.9 Å². The largest absolute Gasteiger partial charge is 0.338 e. The third kappa shape index (κ3) is 2.87. The van der Waals surface area contributed by atoms with Crippen molar-refractivity contribution in [3.8, 4) is 0 Å². The Bertz CT molecular complexity index is 700. The summed E-state index contributed by atoms with van der Waals surface area (Å²) < 4.78 is 15.2. The predicted octanol–water partition coefficient (Wildman–Crippen LogP) is 2.82. The van der Waals surface area contributed by atoms with Crippen LogP contribution in [0.2, 0.25) is 0 Å². The van der Waals surface area contributed by atoms with Crippen LogP contribution in [0.4, 0.5) is 4.39 Å². The highest BCUT2D eigenvalue weighted by molar-refractivity contribution is 5.83. The summed E-state index contributed by atoms with van der Waals surface area (Å²) >= 11 is 0. The Hall–Kier alpha value is -2.17. The van der Waals surface area contributed by atoms with E-state index in [9.17, 15) is 9.18 Å². The number of carbonyl (C=O) groups is 1. The summed E-state index contributed by atoms with van der Waals surface area (Å²) in [5.74, 6) is 0.214. The van der Waals surface area contributed by atoms with Gasteiger partial charge in [0.2, 0.25) is 5.91 Å². The smallest absolute Gasteiger partial charge is 0.226 e. The number of likely N-dealkylation sites (tertiary alicyclic amines) is 1. The fourth-order valence-electron chi connectivity index (χ4n) is 3.73. The van der Waals surface area contributed by atoms with Gasteiger partial charge in [0.1, 0.15) is 5.82 Å². The van der Waals surface area contributed by atoms with Crippen molar-refractivity contribution in [2.75, 3.05) is 6.54 Å². The zero-order valence-corrected chi connectivity index (χ0v) is 12.9. The summed E-state index contributed by atoms with van der Waals surface area (Å²) in [6, 6.07) is 8.79. The summed E-state index contributed by atoms with van der Waals surface area (Å²) in [4.78, 5) is 14.8. The average molecular weight is 313 g/mol. The molecule has 23 heavy (non-hydrogen) atoms. The van der Waals surface area contributed by atoms with Gasteiger partial charge in [-0.2, -0.15) is 5.10 Å². The van der Waals surface area contributed by atoms with E-state index in [1.54, 1.807) is 18.3 Å². The van der Waals surface area contributed by atoms with Gasteiger partial charge in [-0.3, -0.25) is 9.48 Å². The van der Waals surface area contributed by atoms with E-state index in [1.807, 2.05) is 27.9 Å². The molecule has 0 N–H and O–H groups in total. The van der Waals surface area contributed by atoms with E-state index in [1.165, 1.54) is 6.07 Å². The fourth-order valence-corrected chi connectivity index (χ4v) is 3.73. The van der Waals surface area contributed by atoms with Crippen molar-refractivity contribution < 1.29 is 9.18 Å². The van der Waals surface area contributed by atoms with E-state index in [4.69, 9.17) is 0 Å². The first-order valence-electron chi connectivity index (χ1n) is 8.26. The van der Waals surface area contributed by atoms with E-state index < -0.39 is 0 Å². The normalized spacial score (nSPS) is 26.5. The lowest BCUT2D eigenvalue weighted by Crippen LogP contribution is -2.39. The van der Waals surface area contributed by atoms with Crippen molar-refractivity contribution in [2.24, 2.45) is 5.92 Å². The van der Waals surface area contributed by atoms with Gasteiger partial charge < -0.3 is 4.90 Å². The Labute approximate surface area is 134 Å². The van der Waals surface area contributed by atoms with Crippen LogP contribution in [0, 0.1) is 11.7 Å². The number of carbonyl (C=O) groups excluding carboxylic acids is 1. The molecule has 4 nitrogen and oxygen atoms in total. The Morgan fingerprint density at radius 2 is 2.26 bits per heavy atom. The molecule has 1 amide bonds. The molecule has 1 saturated heterocycles. The fraction of sp³-hybridized carbons (Fsp3) is 0.444. The average Bonchev–Trinajstić information content (AvgIpc) is 2.94. The molecule has 2 heterocycles. The quantitative estimate of drug-likeness (QED) is 0.870. The van der Waals surface area contributed by atoms with Crippen LogP contribution < -0.4 is 0 Å². The number of benzene rings is 1. The maximum atomic E-state index is 13.4. The Balaban J connectivity index is 1.43. The molecular formula is C18H20FN3O. The second-order valence-electron chi connectivity index (χ2n) is 6.56. The highest BCUT2D eigenvalue weighted by atomic mass is 19.1. The Morgan fingerprint density at radius 1 is 1.35 bits per heavy atom. The van der Waals surface area contributed by atoms with Gasteiger partial charge in [-0.1, -0.05) is 12.1 Å². The molecule has 0 unspecified atom stereocenters. The molecular weight excluding hydrogens is 293 g/mol. The van der Waals surface area contributed by atoms with Gasteiger partial charge in [-0.05, 0) is 48.9 Å². The van der Waals surface area contributed by atoms with Crippen LogP contribution in [0.5, 0.6) is 0 Å². The number of nitrogens with zero attached hydrogens (tertiary/aromatic N) is 3. The Kier molecular flexibility index (Phi) is 3.63. The second-order valence-corrected chi connectivity index (χ2v) is 6.56. The van der Waals surface area contributed by atoms with Gasteiger partial charge in [-0.15, -0.1) is 0 Å². The van der Waals surface area contributed by atoms with Crippen molar-refractivity contribution in [1.29, 1.82) is 0 Å². The molecule has 3 atom stereocenters. The summed E-state index contributed by atoms with van der Waals surface area (Å²) in [6.07, 6.45) is 6.63. The molecule has 120 valence electrons. The maximum absolute atomic E-state index is 13.4. The highest BCUT2D eigenvalue weighted by Gasteiger charge is 2.47. The zero-order valence-electron chi connectivity index (χ0n) is 12.9. The first-order valence-corrected chi connectivity index (χ1v) is 8.26. The summed E-state index contributed by atoms with van der Waals surface area (Å²) in [5, 5.41) is 4.24. The van der Waals surface area contributed by atoms with Crippen LogP contribution in [0.1, 0.15) is 30.7 Å². The van der Waals surface area contributed by atoms with E-state index in [0.717, 1.165) is 37.9 Å². The number of hydrogen-bond donors (Lipinski definition) is 0. The zero-order chi connectivity index (χ0) is 15.8. The minimum Gasteiger partial charge on any atom is -0.338 e. The van der Waals surface area contributed by atoms with E-state index in [-0.39, 0.29) is 29.6 Å². The molecule has 1 saturated carbocycles. The van der Waals surface area contributed by atoms with Gasteiger partial charge in [0.05, 0.1) is 12.6 Å². The summed E-state index contributed by atoms with van der Waals surface area (Å²) in [5.41, 5.74) is 0.950. The molecule has 1 aromatic carbocycles. The molecule has 4 rings (SSSR count). The van der Waals surface area contributed by atoms with Crippen molar-refractivity contribution in [3.05, 3.63) is 54.1 Å². The first kappa shape index (κ1) is 14.4. The topological polar surface area (TPSA) is 38.1 Å². The van der Waals surface area contributed by atoms with E-state index in [2.05, 4.69) is 5.10 Å². The number of amides is 1. The van der Waals surface area contributed by atoms with Crippen LogP contribution in [0.15, 0.2) is 42.7 Å². The monoisotopic (exact) mass is 313 g/mol. The van der Waals surface area contributed by atoms with Gasteiger partial charge in [-0.25, -0.2) is 4.39 Å². The van der Waals surface area contributed by atoms with Crippen molar-refractivity contribution >= 4 is 5.91 Å². The van der Waals surface area contributed by atoms with E-state index in [0.29, 0.717) is 0 Å². The van der Waals surface area contributed by atoms with Crippen LogP contribution in [0.3, 0.4) is 0 Å². The van der Waals surface area contributed by atoms with Crippen molar-refractivity contribution in [2.45, 2.75) is 37.8 Å². The molecule has 2 aliphatic rings. The molecule has 1 aliphatic heterocycles. The highest BCUT2D eigenvalue weighted by Crippen LogP contribution is 2.49. The van der Waals surface area contributed by atoms with Gasteiger partial charge >= 0.3 is 0 Å².